The summed E-state index contributed by atoms with van der Waals surface area (Å²) in [6.45, 7) is 1.60. The lowest BCUT2D eigenvalue weighted by Crippen LogP contribution is -2.12. The number of nitrogens with two attached hydrogens (primary N) is 1. The van der Waals surface area contributed by atoms with Crippen molar-refractivity contribution in [1.29, 1.82) is 0 Å². The molecule has 0 aliphatic carbocycles. The van der Waals surface area contributed by atoms with E-state index in [1.165, 1.54) is 0 Å². The zero-order valence-corrected chi connectivity index (χ0v) is 8.34. The first-order valence-corrected chi connectivity index (χ1v) is 4.38. The molecule has 0 radical (unpaired) electrons. The molecule has 0 saturated heterocycles. The van der Waals surface area contributed by atoms with Crippen molar-refractivity contribution in [2.75, 3.05) is 12.3 Å². The van der Waals surface area contributed by atoms with E-state index in [0.717, 1.165) is 0 Å². The van der Waals surface area contributed by atoms with Gasteiger partial charge in [-0.3, -0.25) is 0 Å². The molecule has 0 aromatic carbocycles. The maximum absolute atomic E-state index is 12.9. The minimum absolute atomic E-state index is 0.0552. The summed E-state index contributed by atoms with van der Waals surface area (Å²) in [5, 5.41) is 0. The summed E-state index contributed by atoms with van der Waals surface area (Å²) in [6.07, 6.45) is -3.07. The van der Waals surface area contributed by atoms with Crippen LogP contribution >= 0.6 is 0 Å². The number of carbonyl (C=O) groups is 1. The fourth-order valence-corrected chi connectivity index (χ4v) is 1.04. The lowest BCUT2D eigenvalue weighted by molar-refractivity contribution is 0.0526. The molecule has 88 valence electrons. The van der Waals surface area contributed by atoms with Gasteiger partial charge in [-0.1, -0.05) is 0 Å². The standard InChI is InChI=1S/C9H9F3N2O2/c1-2-16-9(15)5-3-4(6(10)11)7(12)14-8(5)13/h3,6H,2H2,1H3,(H2,13,14). The molecular weight excluding hydrogens is 225 g/mol. The molecule has 0 atom stereocenters. The molecule has 0 aliphatic rings. The van der Waals surface area contributed by atoms with Crippen LogP contribution in [0.25, 0.3) is 0 Å². The Morgan fingerprint density at radius 3 is 2.75 bits per heavy atom. The van der Waals surface area contributed by atoms with Gasteiger partial charge in [-0.25, -0.2) is 18.6 Å². The number of hydrogen-bond acceptors (Lipinski definition) is 4. The number of hydrogen-bond donors (Lipinski definition) is 1. The second kappa shape index (κ2) is 4.82. The van der Waals surface area contributed by atoms with Crippen molar-refractivity contribution < 1.29 is 22.7 Å². The Labute approximate surface area is 89.2 Å². The summed E-state index contributed by atoms with van der Waals surface area (Å²) >= 11 is 0. The number of ether oxygens (including phenoxy) is 1. The topological polar surface area (TPSA) is 65.2 Å². The maximum Gasteiger partial charge on any atom is 0.341 e. The predicted molar refractivity (Wildman–Crippen MR) is 49.5 cm³/mol. The minimum Gasteiger partial charge on any atom is -0.462 e. The van der Waals surface area contributed by atoms with E-state index in [9.17, 15) is 18.0 Å². The van der Waals surface area contributed by atoms with Crippen LogP contribution in [0, 0.1) is 5.95 Å². The number of anilines is 1. The fourth-order valence-electron chi connectivity index (χ4n) is 1.04. The third-order valence-electron chi connectivity index (χ3n) is 1.76. The van der Waals surface area contributed by atoms with E-state index in [2.05, 4.69) is 9.72 Å². The Hall–Kier alpha value is -1.79. The van der Waals surface area contributed by atoms with Gasteiger partial charge in [-0.05, 0) is 13.0 Å². The Morgan fingerprint density at radius 1 is 1.62 bits per heavy atom. The Kier molecular flexibility index (Phi) is 3.70. The Morgan fingerprint density at radius 2 is 2.25 bits per heavy atom. The summed E-state index contributed by atoms with van der Waals surface area (Å²) in [4.78, 5) is 14.3. The van der Waals surface area contributed by atoms with Gasteiger partial charge >= 0.3 is 5.97 Å². The summed E-state index contributed by atoms with van der Waals surface area (Å²) in [7, 11) is 0. The third kappa shape index (κ3) is 2.41. The molecule has 1 aromatic heterocycles. The number of alkyl halides is 2. The van der Waals surface area contributed by atoms with Gasteiger partial charge < -0.3 is 10.5 Å². The number of carbonyl (C=O) groups excluding carboxylic acids is 1. The maximum atomic E-state index is 12.9. The number of pyridine rings is 1. The van der Waals surface area contributed by atoms with Gasteiger partial charge in [0, 0.05) is 0 Å². The second-order valence-corrected chi connectivity index (χ2v) is 2.82. The van der Waals surface area contributed by atoms with Crippen LogP contribution in [0.1, 0.15) is 29.3 Å². The number of rotatable bonds is 3. The summed E-state index contributed by atoms with van der Waals surface area (Å²) in [6, 6.07) is 0.653. The molecule has 7 heteroatoms. The molecule has 0 aliphatic heterocycles. The van der Waals surface area contributed by atoms with Gasteiger partial charge in [-0.2, -0.15) is 4.39 Å². The van der Waals surface area contributed by atoms with Gasteiger partial charge in [0.25, 0.3) is 6.43 Å². The zero-order valence-electron chi connectivity index (χ0n) is 8.34. The number of halogens is 3. The highest BCUT2D eigenvalue weighted by molar-refractivity contribution is 5.94. The molecule has 0 amide bonds. The fraction of sp³-hybridized carbons (Fsp3) is 0.333. The molecular formula is C9H9F3N2O2. The van der Waals surface area contributed by atoms with Crippen molar-refractivity contribution in [3.63, 3.8) is 0 Å². The van der Waals surface area contributed by atoms with Gasteiger partial charge in [0.15, 0.2) is 0 Å². The molecule has 0 fully saturated rings. The predicted octanol–water partition coefficient (Wildman–Crippen LogP) is 1.92. The average Bonchev–Trinajstić information content (AvgIpc) is 2.17. The van der Waals surface area contributed by atoms with Crippen LogP contribution in [-0.4, -0.2) is 17.6 Å². The molecule has 4 nitrogen and oxygen atoms in total. The van der Waals surface area contributed by atoms with Crippen molar-refractivity contribution in [3.05, 3.63) is 23.1 Å². The van der Waals surface area contributed by atoms with E-state index in [1.807, 2.05) is 0 Å². The zero-order chi connectivity index (χ0) is 12.3. The van der Waals surface area contributed by atoms with E-state index in [4.69, 9.17) is 5.73 Å². The first kappa shape index (κ1) is 12.3. The average molecular weight is 234 g/mol. The second-order valence-electron chi connectivity index (χ2n) is 2.82. The third-order valence-corrected chi connectivity index (χ3v) is 1.76. The van der Waals surface area contributed by atoms with Gasteiger partial charge in [-0.15, -0.1) is 0 Å². The Balaban J connectivity index is 3.19. The van der Waals surface area contributed by atoms with E-state index >= 15 is 0 Å². The lowest BCUT2D eigenvalue weighted by atomic mass is 10.2. The van der Waals surface area contributed by atoms with Crippen LogP contribution < -0.4 is 5.73 Å². The SMILES string of the molecule is CCOC(=O)c1cc(C(F)F)c(F)nc1N. The smallest absolute Gasteiger partial charge is 0.341 e. The largest absolute Gasteiger partial charge is 0.462 e. The summed E-state index contributed by atoms with van der Waals surface area (Å²) in [5.74, 6) is -2.77. The van der Waals surface area contributed by atoms with Crippen molar-refractivity contribution in [2.45, 2.75) is 13.3 Å². The molecule has 0 saturated carbocycles. The van der Waals surface area contributed by atoms with Crippen LogP contribution in [0.5, 0.6) is 0 Å². The first-order valence-electron chi connectivity index (χ1n) is 4.38. The molecule has 0 unspecified atom stereocenters. The van der Waals surface area contributed by atoms with Crippen LogP contribution in [0.4, 0.5) is 19.0 Å². The monoisotopic (exact) mass is 234 g/mol. The van der Waals surface area contributed by atoms with E-state index in [1.54, 1.807) is 6.92 Å². The van der Waals surface area contributed by atoms with Gasteiger partial charge in [0.1, 0.15) is 11.4 Å². The van der Waals surface area contributed by atoms with Crippen LogP contribution in [-0.2, 0) is 4.74 Å². The van der Waals surface area contributed by atoms with Gasteiger partial charge in [0.05, 0.1) is 12.2 Å². The summed E-state index contributed by atoms with van der Waals surface area (Å²) < 4.78 is 42.1. The molecule has 16 heavy (non-hydrogen) atoms. The summed E-state index contributed by atoms with van der Waals surface area (Å²) in [5.41, 5.74) is 3.89. The lowest BCUT2D eigenvalue weighted by Gasteiger charge is -2.07. The number of esters is 1. The highest BCUT2D eigenvalue weighted by Gasteiger charge is 2.21. The van der Waals surface area contributed by atoms with Crippen LogP contribution in [0.15, 0.2) is 6.07 Å². The highest BCUT2D eigenvalue weighted by atomic mass is 19.3. The quantitative estimate of drug-likeness (QED) is 0.641. The molecule has 0 bridgehead atoms. The first-order chi connectivity index (χ1) is 7.47. The molecule has 1 aromatic rings. The highest BCUT2D eigenvalue weighted by Crippen LogP contribution is 2.24. The number of nitrogens with zero attached hydrogens (tertiary/aromatic N) is 1. The van der Waals surface area contributed by atoms with E-state index < -0.39 is 29.7 Å². The minimum atomic E-state index is -3.07. The van der Waals surface area contributed by atoms with Crippen molar-refractivity contribution in [3.8, 4) is 0 Å². The van der Waals surface area contributed by atoms with E-state index in [-0.39, 0.29) is 12.2 Å². The molecule has 1 heterocycles. The van der Waals surface area contributed by atoms with Crippen LogP contribution in [0.2, 0.25) is 0 Å². The number of aromatic nitrogens is 1. The molecule has 2 N–H and O–H groups in total. The Bertz CT molecular complexity index is 410. The van der Waals surface area contributed by atoms with Crippen LogP contribution in [0.3, 0.4) is 0 Å². The molecule has 1 rings (SSSR count). The van der Waals surface area contributed by atoms with Crippen molar-refractivity contribution in [2.24, 2.45) is 0 Å². The van der Waals surface area contributed by atoms with Crippen molar-refractivity contribution >= 4 is 11.8 Å². The van der Waals surface area contributed by atoms with Crippen molar-refractivity contribution in [1.82, 2.24) is 4.98 Å². The van der Waals surface area contributed by atoms with Gasteiger partial charge in [0.2, 0.25) is 5.95 Å². The number of nitrogen functional groups attached to an aromatic ring is 1. The normalized spacial score (nSPS) is 10.6. The molecule has 0 spiro atoms. The van der Waals surface area contributed by atoms with E-state index in [0.29, 0.717) is 6.07 Å².